The predicted molar refractivity (Wildman–Crippen MR) is 201 cm³/mol. The van der Waals surface area contributed by atoms with Gasteiger partial charge in [0.25, 0.3) is 0 Å². The van der Waals surface area contributed by atoms with Gasteiger partial charge < -0.3 is 34.6 Å². The first-order valence-electron chi connectivity index (χ1n) is 17.8. The summed E-state index contributed by atoms with van der Waals surface area (Å²) in [5.74, 6) is 0.0574. The number of benzene rings is 2. The fourth-order valence-corrected chi connectivity index (χ4v) is 9.03. The van der Waals surface area contributed by atoms with E-state index in [4.69, 9.17) is 9.47 Å². The standard InChI is InChI=1S/C21H28Br2N2O4.C16H21N3O3/c1-13(10-14-11-16(22)19(26)17(23)12-14)20(27)24-8-5-15(6-9-24)25-7-3-4-18(25)21(28)29-2;1-22-16(21)18-9-7-13(8-10-18)19-11-6-12-4-2-3-5-14(12)17-15(19)20/h11-13,15,18,26H,3-10H2,1-2H3;2-5,13H,6-11H2,1H3,(H,17,20)/t13-,18+;/m1./s1. The second kappa shape index (κ2) is 17.9. The second-order valence-corrected chi connectivity index (χ2v) is 15.4. The lowest BCUT2D eigenvalue weighted by atomic mass is 9.97. The molecule has 2 aromatic carbocycles. The molecule has 4 heterocycles. The van der Waals surface area contributed by atoms with Crippen molar-refractivity contribution in [3.63, 3.8) is 0 Å². The Morgan fingerprint density at radius 2 is 1.51 bits per heavy atom. The van der Waals surface area contributed by atoms with Crippen molar-refractivity contribution in [3.8, 4) is 5.75 Å². The molecule has 2 aromatic rings. The SMILES string of the molecule is COC(=O)N1CCC(N2CCc3ccccc3NC2=O)CC1.COC(=O)[C@@H]1CCCN1C1CCN(C(=O)[C@H](C)Cc2cc(Br)c(O)c(Br)c2)CC1. The topological polar surface area (TPSA) is 132 Å². The van der Waals surface area contributed by atoms with Gasteiger partial charge in [0.2, 0.25) is 5.91 Å². The van der Waals surface area contributed by atoms with Crippen molar-refractivity contribution < 1.29 is 33.8 Å². The molecule has 4 amide bonds. The molecule has 6 rings (SSSR count). The van der Waals surface area contributed by atoms with E-state index in [1.807, 2.05) is 47.1 Å². The highest BCUT2D eigenvalue weighted by Crippen LogP contribution is 2.34. The molecule has 0 radical (unpaired) electrons. The molecule has 0 aromatic heterocycles. The molecule has 2 atom stereocenters. The van der Waals surface area contributed by atoms with Gasteiger partial charge in [0.1, 0.15) is 11.8 Å². The Bertz CT molecular complexity index is 1540. The number of phenolic OH excluding ortho intramolecular Hbond substituents is 1. The molecule has 3 fully saturated rings. The van der Waals surface area contributed by atoms with Gasteiger partial charge in [-0.1, -0.05) is 25.1 Å². The van der Waals surface area contributed by atoms with Crippen LogP contribution in [0.1, 0.15) is 56.6 Å². The molecule has 4 aliphatic rings. The lowest BCUT2D eigenvalue weighted by Crippen LogP contribution is -2.51. The summed E-state index contributed by atoms with van der Waals surface area (Å²) in [6.45, 7) is 6.31. The van der Waals surface area contributed by atoms with Crippen LogP contribution in [0.3, 0.4) is 0 Å². The van der Waals surface area contributed by atoms with Gasteiger partial charge in [-0.2, -0.15) is 0 Å². The number of carbonyl (C=O) groups is 4. The number of piperidine rings is 2. The number of rotatable bonds is 6. The van der Waals surface area contributed by atoms with Crippen LogP contribution in [0.5, 0.6) is 5.75 Å². The third kappa shape index (κ3) is 9.55. The van der Waals surface area contributed by atoms with Crippen molar-refractivity contribution >= 4 is 61.5 Å². The summed E-state index contributed by atoms with van der Waals surface area (Å²) >= 11 is 6.69. The Morgan fingerprint density at radius 1 is 0.882 bits per heavy atom. The molecule has 0 bridgehead atoms. The van der Waals surface area contributed by atoms with Crippen molar-refractivity contribution in [2.24, 2.45) is 5.92 Å². The summed E-state index contributed by atoms with van der Waals surface area (Å²) in [6, 6.07) is 12.0. The van der Waals surface area contributed by atoms with Gasteiger partial charge in [-0.05, 0) is 119 Å². The maximum atomic E-state index is 13.0. The van der Waals surface area contributed by atoms with E-state index in [1.54, 1.807) is 4.90 Å². The van der Waals surface area contributed by atoms with Gasteiger partial charge in [-0.3, -0.25) is 14.5 Å². The maximum Gasteiger partial charge on any atom is 0.409 e. The number of nitrogens with zero attached hydrogens (tertiary/aromatic N) is 4. The number of hydrogen-bond donors (Lipinski definition) is 2. The van der Waals surface area contributed by atoms with E-state index in [-0.39, 0.29) is 47.8 Å². The van der Waals surface area contributed by atoms with E-state index in [0.29, 0.717) is 41.0 Å². The van der Waals surface area contributed by atoms with Crippen LogP contribution >= 0.6 is 31.9 Å². The van der Waals surface area contributed by atoms with E-state index >= 15 is 0 Å². The third-order valence-electron chi connectivity index (χ3n) is 10.5. The van der Waals surface area contributed by atoms with E-state index < -0.39 is 0 Å². The van der Waals surface area contributed by atoms with Gasteiger partial charge in [0.15, 0.2) is 0 Å². The number of fused-ring (bicyclic) bond motifs is 1. The smallest absolute Gasteiger partial charge is 0.409 e. The average molecular weight is 836 g/mol. The second-order valence-electron chi connectivity index (χ2n) is 13.7. The van der Waals surface area contributed by atoms with E-state index in [2.05, 4.69) is 48.1 Å². The Kier molecular flexibility index (Phi) is 13.7. The molecule has 0 aliphatic carbocycles. The zero-order valence-corrected chi connectivity index (χ0v) is 32.8. The van der Waals surface area contributed by atoms with Gasteiger partial charge in [-0.25, -0.2) is 9.59 Å². The number of amides is 4. The summed E-state index contributed by atoms with van der Waals surface area (Å²) in [4.78, 5) is 56.8. The Labute approximate surface area is 317 Å². The zero-order valence-electron chi connectivity index (χ0n) is 29.6. The number of para-hydroxylation sites is 1. The number of nitrogens with one attached hydrogen (secondary N) is 1. The Hall–Kier alpha value is -3.36. The van der Waals surface area contributed by atoms with Crippen LogP contribution in [-0.2, 0) is 31.9 Å². The van der Waals surface area contributed by atoms with E-state index in [9.17, 15) is 24.3 Å². The first-order chi connectivity index (χ1) is 24.5. The number of esters is 1. The molecule has 278 valence electrons. The van der Waals surface area contributed by atoms with Crippen molar-refractivity contribution in [2.45, 2.75) is 76.4 Å². The van der Waals surface area contributed by atoms with Crippen LogP contribution in [0.25, 0.3) is 0 Å². The van der Waals surface area contributed by atoms with Crippen molar-refractivity contribution in [2.75, 3.05) is 58.8 Å². The number of hydrogen-bond acceptors (Lipinski definition) is 8. The molecule has 2 N–H and O–H groups in total. The fourth-order valence-electron chi connectivity index (χ4n) is 7.75. The Balaban J connectivity index is 0.000000205. The molecule has 0 spiro atoms. The highest BCUT2D eigenvalue weighted by molar-refractivity contribution is 9.11. The number of ether oxygens (including phenoxy) is 2. The molecule has 4 aliphatic heterocycles. The monoisotopic (exact) mass is 833 g/mol. The predicted octanol–water partition coefficient (Wildman–Crippen LogP) is 6.03. The summed E-state index contributed by atoms with van der Waals surface area (Å²) in [5, 5.41) is 12.9. The van der Waals surface area contributed by atoms with Crippen LogP contribution in [0.2, 0.25) is 0 Å². The average Bonchev–Trinajstić information content (AvgIpc) is 3.57. The quantitative estimate of drug-likeness (QED) is 0.338. The number of aromatic hydroxyl groups is 1. The number of phenols is 1. The van der Waals surface area contributed by atoms with Crippen molar-refractivity contribution in [3.05, 3.63) is 56.5 Å². The lowest BCUT2D eigenvalue weighted by Gasteiger charge is -2.39. The highest BCUT2D eigenvalue weighted by Gasteiger charge is 2.38. The molecule has 3 saturated heterocycles. The van der Waals surface area contributed by atoms with Crippen LogP contribution < -0.4 is 5.32 Å². The first kappa shape index (κ1) is 38.9. The third-order valence-corrected chi connectivity index (χ3v) is 11.7. The number of anilines is 1. The minimum atomic E-state index is -0.286. The van der Waals surface area contributed by atoms with Crippen LogP contribution in [0.4, 0.5) is 15.3 Å². The fraction of sp³-hybridized carbons (Fsp3) is 0.568. The van der Waals surface area contributed by atoms with Crippen molar-refractivity contribution in [1.29, 1.82) is 0 Å². The number of carbonyl (C=O) groups excluding carboxylic acids is 4. The summed E-state index contributed by atoms with van der Waals surface area (Å²) in [7, 11) is 2.85. The zero-order chi connectivity index (χ0) is 36.7. The molecular weight excluding hydrogens is 786 g/mol. The molecular formula is C37H49Br2N5O7. The minimum absolute atomic E-state index is 0.0403. The summed E-state index contributed by atoms with van der Waals surface area (Å²) < 4.78 is 10.9. The maximum absolute atomic E-state index is 13.0. The van der Waals surface area contributed by atoms with Gasteiger partial charge in [-0.15, -0.1) is 0 Å². The van der Waals surface area contributed by atoms with Gasteiger partial charge in [0, 0.05) is 56.4 Å². The largest absolute Gasteiger partial charge is 0.506 e. The van der Waals surface area contributed by atoms with Crippen LogP contribution in [0.15, 0.2) is 45.3 Å². The molecule has 51 heavy (non-hydrogen) atoms. The molecule has 0 unspecified atom stereocenters. The number of methoxy groups -OCH3 is 2. The summed E-state index contributed by atoms with van der Waals surface area (Å²) in [6.07, 6.45) is 6.43. The molecule has 0 saturated carbocycles. The van der Waals surface area contributed by atoms with E-state index in [0.717, 1.165) is 75.8 Å². The molecule has 14 heteroatoms. The molecule has 12 nitrogen and oxygen atoms in total. The normalized spacial score (nSPS) is 20.8. The highest BCUT2D eigenvalue weighted by atomic mass is 79.9. The van der Waals surface area contributed by atoms with Crippen LogP contribution in [0, 0.1) is 5.92 Å². The van der Waals surface area contributed by atoms with Gasteiger partial charge >= 0.3 is 18.1 Å². The van der Waals surface area contributed by atoms with Crippen molar-refractivity contribution in [1.82, 2.24) is 19.6 Å². The summed E-state index contributed by atoms with van der Waals surface area (Å²) in [5.41, 5.74) is 3.07. The number of likely N-dealkylation sites (tertiary alicyclic amines) is 3. The number of urea groups is 1. The first-order valence-corrected chi connectivity index (χ1v) is 19.4. The number of halogens is 2. The Morgan fingerprint density at radius 3 is 2.16 bits per heavy atom. The lowest BCUT2D eigenvalue weighted by molar-refractivity contribution is -0.147. The van der Waals surface area contributed by atoms with Crippen LogP contribution in [-0.4, -0.2) is 120 Å². The van der Waals surface area contributed by atoms with E-state index in [1.165, 1.54) is 19.8 Å². The minimum Gasteiger partial charge on any atom is -0.506 e. The van der Waals surface area contributed by atoms with Gasteiger partial charge in [0.05, 0.1) is 23.2 Å².